The van der Waals surface area contributed by atoms with Crippen LogP contribution in [0.25, 0.3) is 0 Å². The second-order valence-electron chi connectivity index (χ2n) is 3.76. The van der Waals surface area contributed by atoms with E-state index in [2.05, 4.69) is 0 Å². The Kier molecular flexibility index (Phi) is 6.56. The molecule has 0 fully saturated rings. The van der Waals surface area contributed by atoms with Gasteiger partial charge in [-0.25, -0.2) is 8.42 Å². The lowest BCUT2D eigenvalue weighted by atomic mass is 10.3. The van der Waals surface area contributed by atoms with E-state index in [1.807, 2.05) is 13.8 Å². The van der Waals surface area contributed by atoms with Crippen LogP contribution in [0.2, 0.25) is 0 Å². The quantitative estimate of drug-likeness (QED) is 0.663. The van der Waals surface area contributed by atoms with Gasteiger partial charge in [0.2, 0.25) is 5.91 Å². The van der Waals surface area contributed by atoms with Crippen molar-refractivity contribution in [2.45, 2.75) is 33.1 Å². The summed E-state index contributed by atoms with van der Waals surface area (Å²) in [4.78, 5) is 13.4. The summed E-state index contributed by atoms with van der Waals surface area (Å²) in [6.45, 7) is 5.45. The monoisotopic (exact) mass is 235 g/mol. The number of sulfone groups is 1. The Labute approximate surface area is 92.6 Å². The van der Waals surface area contributed by atoms with Gasteiger partial charge in [-0.3, -0.25) is 4.79 Å². The summed E-state index contributed by atoms with van der Waals surface area (Å²) in [5, 5.41) is 0. The second-order valence-corrected chi connectivity index (χ2v) is 6.02. The Morgan fingerprint density at radius 3 is 1.93 bits per heavy atom. The molecule has 0 spiro atoms. The first kappa shape index (κ1) is 14.4. The van der Waals surface area contributed by atoms with Crippen molar-refractivity contribution in [2.24, 2.45) is 0 Å². The Bertz CT molecular complexity index is 279. The Hall–Kier alpha value is -0.580. The van der Waals surface area contributed by atoms with Gasteiger partial charge in [0.15, 0.2) is 0 Å². The SMILES string of the molecule is CCCN(CCC)C(=O)CCS(C)(=O)=O. The van der Waals surface area contributed by atoms with Gasteiger partial charge in [-0.15, -0.1) is 0 Å². The van der Waals surface area contributed by atoms with Crippen LogP contribution in [0.3, 0.4) is 0 Å². The van der Waals surface area contributed by atoms with E-state index in [1.165, 1.54) is 0 Å². The van der Waals surface area contributed by atoms with Crippen molar-refractivity contribution in [1.82, 2.24) is 4.90 Å². The molecule has 0 radical (unpaired) electrons. The molecule has 0 aromatic rings. The molecule has 0 N–H and O–H groups in total. The fraction of sp³-hybridized carbons (Fsp3) is 0.900. The average Bonchev–Trinajstić information content (AvgIpc) is 2.13. The van der Waals surface area contributed by atoms with Crippen LogP contribution in [0.5, 0.6) is 0 Å². The molecule has 90 valence electrons. The van der Waals surface area contributed by atoms with E-state index in [0.29, 0.717) is 0 Å². The zero-order chi connectivity index (χ0) is 11.9. The molecule has 4 nitrogen and oxygen atoms in total. The predicted molar refractivity (Wildman–Crippen MR) is 61.5 cm³/mol. The summed E-state index contributed by atoms with van der Waals surface area (Å²) in [5.41, 5.74) is 0. The maximum Gasteiger partial charge on any atom is 0.223 e. The van der Waals surface area contributed by atoms with Gasteiger partial charge >= 0.3 is 0 Å². The molecule has 0 atom stereocenters. The first-order chi connectivity index (χ1) is 6.90. The lowest BCUT2D eigenvalue weighted by Gasteiger charge is -2.21. The Morgan fingerprint density at radius 1 is 1.13 bits per heavy atom. The van der Waals surface area contributed by atoms with Crippen LogP contribution in [0.1, 0.15) is 33.1 Å². The lowest BCUT2D eigenvalue weighted by molar-refractivity contribution is -0.130. The van der Waals surface area contributed by atoms with Crippen LogP contribution in [0, 0.1) is 0 Å². The molecular weight excluding hydrogens is 214 g/mol. The number of carbonyl (C=O) groups is 1. The summed E-state index contributed by atoms with van der Waals surface area (Å²) >= 11 is 0. The fourth-order valence-corrected chi connectivity index (χ4v) is 1.88. The summed E-state index contributed by atoms with van der Waals surface area (Å²) in [5.74, 6) is -0.0976. The van der Waals surface area contributed by atoms with Crippen molar-refractivity contribution in [3.8, 4) is 0 Å². The summed E-state index contributed by atoms with van der Waals surface area (Å²) in [7, 11) is -3.03. The van der Waals surface area contributed by atoms with Gasteiger partial charge < -0.3 is 4.90 Å². The topological polar surface area (TPSA) is 54.5 Å². The molecule has 0 rings (SSSR count). The highest BCUT2D eigenvalue weighted by Crippen LogP contribution is 2.00. The minimum atomic E-state index is -3.03. The number of hydrogen-bond donors (Lipinski definition) is 0. The van der Waals surface area contributed by atoms with E-state index < -0.39 is 9.84 Å². The highest BCUT2D eigenvalue weighted by atomic mass is 32.2. The largest absolute Gasteiger partial charge is 0.343 e. The zero-order valence-corrected chi connectivity index (χ0v) is 10.6. The molecular formula is C10H21NO3S. The third-order valence-electron chi connectivity index (χ3n) is 2.03. The van der Waals surface area contributed by atoms with Gasteiger partial charge in [0, 0.05) is 25.8 Å². The molecule has 0 unspecified atom stereocenters. The van der Waals surface area contributed by atoms with Crippen LogP contribution in [-0.2, 0) is 14.6 Å². The molecule has 5 heteroatoms. The van der Waals surface area contributed by atoms with Gasteiger partial charge in [-0.1, -0.05) is 13.8 Å². The van der Waals surface area contributed by atoms with Gasteiger partial charge in [-0.05, 0) is 12.8 Å². The predicted octanol–water partition coefficient (Wildman–Crippen LogP) is 1.07. The normalized spacial score (nSPS) is 11.4. The van der Waals surface area contributed by atoms with E-state index >= 15 is 0 Å². The highest BCUT2D eigenvalue weighted by Gasteiger charge is 2.13. The van der Waals surface area contributed by atoms with Crippen molar-refractivity contribution in [1.29, 1.82) is 0 Å². The van der Waals surface area contributed by atoms with Gasteiger partial charge in [0.1, 0.15) is 9.84 Å². The van der Waals surface area contributed by atoms with Gasteiger partial charge in [-0.2, -0.15) is 0 Å². The number of nitrogens with zero attached hydrogens (tertiary/aromatic N) is 1. The molecule has 0 aliphatic heterocycles. The van der Waals surface area contributed by atoms with Crippen molar-refractivity contribution in [3.05, 3.63) is 0 Å². The molecule has 0 heterocycles. The molecule has 15 heavy (non-hydrogen) atoms. The minimum absolute atomic E-state index is 0.0459. The minimum Gasteiger partial charge on any atom is -0.343 e. The van der Waals surface area contributed by atoms with E-state index in [9.17, 15) is 13.2 Å². The number of carbonyl (C=O) groups excluding carboxylic acids is 1. The molecule has 0 saturated carbocycles. The third kappa shape index (κ3) is 7.36. The van der Waals surface area contributed by atoms with E-state index in [0.717, 1.165) is 32.2 Å². The van der Waals surface area contributed by atoms with Crippen LogP contribution in [0.15, 0.2) is 0 Å². The van der Waals surface area contributed by atoms with Crippen LogP contribution < -0.4 is 0 Å². The number of amides is 1. The average molecular weight is 235 g/mol. The van der Waals surface area contributed by atoms with E-state index in [4.69, 9.17) is 0 Å². The fourth-order valence-electron chi connectivity index (χ4n) is 1.33. The molecule has 0 bridgehead atoms. The second kappa shape index (κ2) is 6.82. The van der Waals surface area contributed by atoms with Crippen molar-refractivity contribution in [2.75, 3.05) is 25.1 Å². The van der Waals surface area contributed by atoms with Crippen LogP contribution >= 0.6 is 0 Å². The van der Waals surface area contributed by atoms with Crippen LogP contribution in [0.4, 0.5) is 0 Å². The van der Waals surface area contributed by atoms with Gasteiger partial charge in [0.25, 0.3) is 0 Å². The van der Waals surface area contributed by atoms with E-state index in [-0.39, 0.29) is 18.1 Å². The van der Waals surface area contributed by atoms with Crippen molar-refractivity contribution >= 4 is 15.7 Å². The van der Waals surface area contributed by atoms with E-state index in [1.54, 1.807) is 4.90 Å². The molecule has 0 aliphatic carbocycles. The summed E-state index contributed by atoms with van der Waals surface area (Å²) in [6.07, 6.45) is 3.08. The van der Waals surface area contributed by atoms with Crippen molar-refractivity contribution < 1.29 is 13.2 Å². The van der Waals surface area contributed by atoms with Crippen LogP contribution in [-0.4, -0.2) is 44.3 Å². The number of rotatable bonds is 7. The first-order valence-corrected chi connectivity index (χ1v) is 7.42. The smallest absolute Gasteiger partial charge is 0.223 e. The molecule has 0 saturated heterocycles. The molecule has 0 aliphatic rings. The van der Waals surface area contributed by atoms with Crippen molar-refractivity contribution in [3.63, 3.8) is 0 Å². The Morgan fingerprint density at radius 2 is 1.60 bits per heavy atom. The Balaban J connectivity index is 4.13. The number of hydrogen-bond acceptors (Lipinski definition) is 3. The van der Waals surface area contributed by atoms with Gasteiger partial charge in [0.05, 0.1) is 5.75 Å². The zero-order valence-electron chi connectivity index (χ0n) is 9.82. The third-order valence-corrected chi connectivity index (χ3v) is 2.97. The maximum absolute atomic E-state index is 11.6. The maximum atomic E-state index is 11.6. The first-order valence-electron chi connectivity index (χ1n) is 5.36. The molecule has 0 aromatic heterocycles. The standard InChI is InChI=1S/C10H21NO3S/c1-4-7-11(8-5-2)10(12)6-9-15(3,13)14/h4-9H2,1-3H3. The molecule has 0 aromatic carbocycles. The highest BCUT2D eigenvalue weighted by molar-refractivity contribution is 7.90. The molecule has 1 amide bonds. The summed E-state index contributed by atoms with van der Waals surface area (Å²) in [6, 6.07) is 0. The summed E-state index contributed by atoms with van der Waals surface area (Å²) < 4.78 is 21.8. The lowest BCUT2D eigenvalue weighted by Crippen LogP contribution is -2.33.